The Morgan fingerprint density at radius 1 is 0.725 bits per heavy atom. The van der Waals surface area contributed by atoms with Crippen molar-refractivity contribution in [1.29, 1.82) is 0 Å². The van der Waals surface area contributed by atoms with Crippen molar-refractivity contribution in [3.63, 3.8) is 0 Å². The van der Waals surface area contributed by atoms with E-state index in [2.05, 4.69) is 27.7 Å². The second-order valence-electron chi connectivity index (χ2n) is 11.6. The van der Waals surface area contributed by atoms with E-state index in [4.69, 9.17) is 23.7 Å². The van der Waals surface area contributed by atoms with Crippen LogP contribution in [0, 0.1) is 5.92 Å². The first-order chi connectivity index (χ1) is 19.5. The van der Waals surface area contributed by atoms with Gasteiger partial charge in [0.1, 0.15) is 18.3 Å². The van der Waals surface area contributed by atoms with Gasteiger partial charge in [-0.1, -0.05) is 112 Å². The van der Waals surface area contributed by atoms with Crippen molar-refractivity contribution in [1.82, 2.24) is 0 Å². The van der Waals surface area contributed by atoms with E-state index in [1.807, 2.05) is 6.92 Å². The number of carbonyl (C=O) groups excluding carboxylic acids is 1. The average molecular weight is 573 g/mol. The minimum absolute atomic E-state index is 0.136. The molecular formula is C33H64O7. The van der Waals surface area contributed by atoms with Gasteiger partial charge in [-0.2, -0.15) is 0 Å². The molecule has 7 nitrogen and oxygen atoms in total. The van der Waals surface area contributed by atoms with Gasteiger partial charge in [0.15, 0.2) is 6.29 Å². The first-order valence-corrected chi connectivity index (χ1v) is 16.8. The van der Waals surface area contributed by atoms with Crippen molar-refractivity contribution in [2.45, 2.75) is 174 Å². The molecule has 0 radical (unpaired) electrons. The zero-order valence-corrected chi connectivity index (χ0v) is 26.7. The number of aliphatic hydroxyl groups is 1. The van der Waals surface area contributed by atoms with Crippen LogP contribution in [0.15, 0.2) is 0 Å². The molecule has 0 bridgehead atoms. The maximum atomic E-state index is 13.3. The Labute approximate surface area is 246 Å². The van der Waals surface area contributed by atoms with Crippen LogP contribution >= 0.6 is 0 Å². The lowest BCUT2D eigenvalue weighted by Gasteiger charge is -2.44. The fourth-order valence-electron chi connectivity index (χ4n) is 5.17. The Kier molecular flexibility index (Phi) is 23.2. The van der Waals surface area contributed by atoms with Gasteiger partial charge in [0.2, 0.25) is 0 Å². The minimum Gasteiger partial charge on any atom is -0.459 e. The molecule has 1 rings (SSSR count). The molecule has 0 saturated carbocycles. The predicted molar refractivity (Wildman–Crippen MR) is 161 cm³/mol. The first kappa shape index (κ1) is 37.3. The topological polar surface area (TPSA) is 83.5 Å². The van der Waals surface area contributed by atoms with Gasteiger partial charge in [-0.25, -0.2) is 0 Å². The van der Waals surface area contributed by atoms with Gasteiger partial charge in [-0.3, -0.25) is 4.79 Å². The highest BCUT2D eigenvalue weighted by Gasteiger charge is 2.47. The van der Waals surface area contributed by atoms with Crippen molar-refractivity contribution in [2.75, 3.05) is 26.4 Å². The number of aliphatic hydroxyl groups excluding tert-OH is 1. The van der Waals surface area contributed by atoms with Crippen LogP contribution in [0.4, 0.5) is 0 Å². The molecule has 0 aromatic heterocycles. The molecule has 40 heavy (non-hydrogen) atoms. The standard InChI is InChI=1S/C33H64O7/c1-6-10-14-15-16-17-18-19-20-21-28(36-22-11-7-2)25-30(35)40-31-27(5)33(38-24-13-9-4)39-29(26-34)32(31)37-23-12-8-3/h27-29,31-34H,6-26H2,1-5H3/t27?,28-,29?,31-,32-,33+/m1/s1. The van der Waals surface area contributed by atoms with Crippen LogP contribution in [0.1, 0.15) is 144 Å². The van der Waals surface area contributed by atoms with Crippen LogP contribution in [0.2, 0.25) is 0 Å². The number of hydrogen-bond acceptors (Lipinski definition) is 7. The number of hydrogen-bond donors (Lipinski definition) is 1. The lowest BCUT2D eigenvalue weighted by atomic mass is 9.91. The lowest BCUT2D eigenvalue weighted by Crippen LogP contribution is -2.58. The Balaban J connectivity index is 2.73. The van der Waals surface area contributed by atoms with E-state index in [1.54, 1.807) is 0 Å². The molecule has 0 aromatic carbocycles. The van der Waals surface area contributed by atoms with Gasteiger partial charge in [0, 0.05) is 25.7 Å². The van der Waals surface area contributed by atoms with E-state index in [1.165, 1.54) is 51.4 Å². The smallest absolute Gasteiger partial charge is 0.308 e. The third-order valence-electron chi connectivity index (χ3n) is 7.86. The number of esters is 1. The highest BCUT2D eigenvalue weighted by atomic mass is 16.7. The molecular weight excluding hydrogens is 508 g/mol. The molecule has 0 amide bonds. The van der Waals surface area contributed by atoms with E-state index in [-0.39, 0.29) is 31.0 Å². The summed E-state index contributed by atoms with van der Waals surface area (Å²) in [6.07, 6.45) is 16.1. The summed E-state index contributed by atoms with van der Waals surface area (Å²) in [7, 11) is 0. The minimum atomic E-state index is -0.601. The molecule has 1 fully saturated rings. The highest BCUT2D eigenvalue weighted by Crippen LogP contribution is 2.32. The van der Waals surface area contributed by atoms with Crippen molar-refractivity contribution in [3.8, 4) is 0 Å². The molecule has 0 aliphatic carbocycles. The summed E-state index contributed by atoms with van der Waals surface area (Å²) in [5.41, 5.74) is 0. The molecule has 238 valence electrons. The third-order valence-corrected chi connectivity index (χ3v) is 7.86. The molecule has 0 spiro atoms. The molecule has 7 heteroatoms. The van der Waals surface area contributed by atoms with Crippen LogP contribution in [0.5, 0.6) is 0 Å². The second-order valence-corrected chi connectivity index (χ2v) is 11.6. The molecule has 1 aliphatic heterocycles. The monoisotopic (exact) mass is 572 g/mol. The molecule has 1 N–H and O–H groups in total. The normalized spacial score (nSPS) is 23.8. The molecule has 1 aliphatic rings. The summed E-state index contributed by atoms with van der Waals surface area (Å²) in [5.74, 6) is -0.490. The zero-order chi connectivity index (χ0) is 29.4. The van der Waals surface area contributed by atoms with Crippen LogP contribution in [-0.2, 0) is 28.5 Å². The van der Waals surface area contributed by atoms with Crippen molar-refractivity contribution >= 4 is 5.97 Å². The fourth-order valence-corrected chi connectivity index (χ4v) is 5.17. The van der Waals surface area contributed by atoms with E-state index in [9.17, 15) is 9.90 Å². The fraction of sp³-hybridized carbons (Fsp3) is 0.970. The quantitative estimate of drug-likeness (QED) is 0.0838. The Hall–Kier alpha value is -0.730. The summed E-state index contributed by atoms with van der Waals surface area (Å²) in [6.45, 7) is 12.2. The second kappa shape index (κ2) is 24.8. The Morgan fingerprint density at radius 3 is 1.88 bits per heavy atom. The molecule has 1 heterocycles. The number of carbonyl (C=O) groups is 1. The number of ether oxygens (including phenoxy) is 5. The largest absolute Gasteiger partial charge is 0.459 e. The van der Waals surface area contributed by atoms with E-state index >= 15 is 0 Å². The summed E-state index contributed by atoms with van der Waals surface area (Å²) >= 11 is 0. The third kappa shape index (κ3) is 16.1. The summed E-state index contributed by atoms with van der Waals surface area (Å²) in [5, 5.41) is 10.1. The molecule has 0 aromatic rings. The lowest BCUT2D eigenvalue weighted by molar-refractivity contribution is -0.293. The Bertz CT molecular complexity index is 587. The van der Waals surface area contributed by atoms with Crippen LogP contribution < -0.4 is 0 Å². The van der Waals surface area contributed by atoms with Gasteiger partial charge in [0.05, 0.1) is 19.1 Å². The van der Waals surface area contributed by atoms with Crippen LogP contribution in [-0.4, -0.2) is 68.2 Å². The molecule has 2 unspecified atom stereocenters. The first-order valence-electron chi connectivity index (χ1n) is 16.8. The molecule has 6 atom stereocenters. The SMILES string of the molecule is CCCCCCCCCCC[C@H](CC(=O)O[C@@H]1C(C)[C@@H](OCCCC)OC(CO)[C@H]1OCCCC)OCCCC. The summed E-state index contributed by atoms with van der Waals surface area (Å²) in [6, 6.07) is 0. The van der Waals surface area contributed by atoms with Gasteiger partial charge < -0.3 is 28.8 Å². The predicted octanol–water partition coefficient (Wildman–Crippen LogP) is 7.75. The van der Waals surface area contributed by atoms with Crippen LogP contribution in [0.3, 0.4) is 0 Å². The van der Waals surface area contributed by atoms with Crippen molar-refractivity contribution < 1.29 is 33.6 Å². The maximum Gasteiger partial charge on any atom is 0.308 e. The number of unbranched alkanes of at least 4 members (excludes halogenated alkanes) is 11. The van der Waals surface area contributed by atoms with Crippen molar-refractivity contribution in [2.24, 2.45) is 5.92 Å². The maximum absolute atomic E-state index is 13.3. The number of rotatable bonds is 26. The van der Waals surface area contributed by atoms with Crippen LogP contribution in [0.25, 0.3) is 0 Å². The van der Waals surface area contributed by atoms with E-state index in [0.717, 1.165) is 51.4 Å². The van der Waals surface area contributed by atoms with E-state index < -0.39 is 24.6 Å². The molecule has 1 saturated heterocycles. The van der Waals surface area contributed by atoms with Gasteiger partial charge in [-0.15, -0.1) is 0 Å². The summed E-state index contributed by atoms with van der Waals surface area (Å²) < 4.78 is 30.5. The van der Waals surface area contributed by atoms with Crippen molar-refractivity contribution in [3.05, 3.63) is 0 Å². The zero-order valence-electron chi connectivity index (χ0n) is 26.7. The average Bonchev–Trinajstić information content (AvgIpc) is 2.95. The van der Waals surface area contributed by atoms with Gasteiger partial charge in [0.25, 0.3) is 0 Å². The van der Waals surface area contributed by atoms with Gasteiger partial charge >= 0.3 is 5.97 Å². The summed E-state index contributed by atoms with van der Waals surface area (Å²) in [4.78, 5) is 13.3. The van der Waals surface area contributed by atoms with E-state index in [0.29, 0.717) is 19.8 Å². The Morgan fingerprint density at radius 2 is 1.27 bits per heavy atom. The van der Waals surface area contributed by atoms with Gasteiger partial charge in [-0.05, 0) is 25.7 Å². The highest BCUT2D eigenvalue weighted by molar-refractivity contribution is 5.70.